The molecule has 1 aromatic heterocycles. The molecule has 28 heavy (non-hydrogen) atoms. The maximum absolute atomic E-state index is 12.5. The fraction of sp³-hybridized carbons (Fsp3) is 0.368. The van der Waals surface area contributed by atoms with Gasteiger partial charge in [-0.15, -0.1) is 0 Å². The van der Waals surface area contributed by atoms with Crippen molar-refractivity contribution >= 4 is 39.3 Å². The fourth-order valence-corrected chi connectivity index (χ4v) is 5.36. The predicted octanol–water partition coefficient (Wildman–Crippen LogP) is 3.24. The maximum atomic E-state index is 12.5. The van der Waals surface area contributed by atoms with E-state index in [-0.39, 0.29) is 11.3 Å². The van der Waals surface area contributed by atoms with Gasteiger partial charge in [0.1, 0.15) is 0 Å². The molecule has 2 N–H and O–H groups in total. The highest BCUT2D eigenvalue weighted by Crippen LogP contribution is 2.43. The summed E-state index contributed by atoms with van der Waals surface area (Å²) in [6.07, 6.45) is 7.68. The third-order valence-corrected chi connectivity index (χ3v) is 7.06. The second kappa shape index (κ2) is 6.93. The van der Waals surface area contributed by atoms with E-state index in [0.29, 0.717) is 5.69 Å². The summed E-state index contributed by atoms with van der Waals surface area (Å²) in [4.78, 5) is 23.9. The van der Waals surface area contributed by atoms with Crippen LogP contribution in [0.3, 0.4) is 0 Å². The van der Waals surface area contributed by atoms with Crippen molar-refractivity contribution in [1.82, 2.24) is 8.69 Å². The van der Waals surface area contributed by atoms with Gasteiger partial charge in [0.25, 0.3) is 0 Å². The molecule has 0 spiro atoms. The molecule has 0 unspecified atom stereocenters. The highest BCUT2D eigenvalue weighted by molar-refractivity contribution is 7.88. The van der Waals surface area contributed by atoms with Gasteiger partial charge in [-0.25, -0.2) is 13.5 Å². The molecule has 1 aromatic carbocycles. The van der Waals surface area contributed by atoms with Crippen molar-refractivity contribution in [3.8, 4) is 0 Å². The molecule has 148 valence electrons. The van der Waals surface area contributed by atoms with Gasteiger partial charge in [0.15, 0.2) is 5.78 Å². The Hall–Kier alpha value is -2.32. The molecule has 0 atom stereocenters. The number of hydrogen-bond acceptors (Lipinski definition) is 4. The average molecular weight is 422 g/mol. The van der Waals surface area contributed by atoms with Gasteiger partial charge in [-0.3, -0.25) is 4.79 Å². The molecule has 2 aliphatic carbocycles. The van der Waals surface area contributed by atoms with Crippen LogP contribution in [0.1, 0.15) is 52.4 Å². The van der Waals surface area contributed by atoms with Gasteiger partial charge in [0.05, 0.1) is 0 Å². The molecule has 1 heterocycles. The van der Waals surface area contributed by atoms with Gasteiger partial charge >= 0.3 is 16.2 Å². The number of halogens is 1. The molecule has 0 saturated heterocycles. The van der Waals surface area contributed by atoms with Crippen LogP contribution < -0.4 is 10.0 Å². The number of amides is 2. The summed E-state index contributed by atoms with van der Waals surface area (Å²) in [6, 6.07) is 0.557. The van der Waals surface area contributed by atoms with E-state index in [1.807, 2.05) is 4.72 Å². The van der Waals surface area contributed by atoms with Crippen LogP contribution in [-0.2, 0) is 35.9 Å². The number of hydrogen-bond donors (Lipinski definition) is 2. The molecule has 4 rings (SSSR count). The highest BCUT2D eigenvalue weighted by atomic mass is 35.5. The Balaban J connectivity index is 1.60. The number of urea groups is 1. The van der Waals surface area contributed by atoms with Crippen LogP contribution in [0.15, 0.2) is 18.5 Å². The number of aromatic nitrogens is 1. The van der Waals surface area contributed by atoms with E-state index in [9.17, 15) is 18.0 Å². The molecule has 0 saturated carbocycles. The summed E-state index contributed by atoms with van der Waals surface area (Å²) in [5, 5.41) is 3.57. The maximum Gasteiger partial charge on any atom is 0.334 e. The lowest BCUT2D eigenvalue weighted by Gasteiger charge is -2.18. The molecule has 9 heteroatoms. The Morgan fingerprint density at radius 1 is 1.04 bits per heavy atom. The van der Waals surface area contributed by atoms with Crippen molar-refractivity contribution in [2.45, 2.75) is 45.4 Å². The Bertz CT molecular complexity index is 1070. The Kier molecular flexibility index (Phi) is 4.71. The first kappa shape index (κ1) is 19.0. The van der Waals surface area contributed by atoms with E-state index < -0.39 is 16.2 Å². The fourth-order valence-electron chi connectivity index (χ4n) is 4.08. The zero-order valence-corrected chi connectivity index (χ0v) is 16.9. The van der Waals surface area contributed by atoms with Gasteiger partial charge < -0.3 is 5.32 Å². The number of ketones is 1. The Labute approximate surface area is 168 Å². The van der Waals surface area contributed by atoms with Crippen LogP contribution in [0, 0.1) is 0 Å². The number of carbonyl (C=O) groups is 2. The first-order chi connectivity index (χ1) is 13.3. The third kappa shape index (κ3) is 3.20. The van der Waals surface area contributed by atoms with Crippen molar-refractivity contribution in [2.75, 3.05) is 5.32 Å². The van der Waals surface area contributed by atoms with Crippen molar-refractivity contribution in [1.29, 1.82) is 0 Å². The lowest BCUT2D eigenvalue weighted by molar-refractivity contribution is 0.101. The minimum atomic E-state index is -4.15. The van der Waals surface area contributed by atoms with Crippen LogP contribution in [0.25, 0.3) is 0 Å². The smallest absolute Gasteiger partial charge is 0.307 e. The summed E-state index contributed by atoms with van der Waals surface area (Å²) >= 11 is 6.57. The lowest BCUT2D eigenvalue weighted by Crippen LogP contribution is -2.38. The van der Waals surface area contributed by atoms with Crippen molar-refractivity contribution in [3.63, 3.8) is 0 Å². The normalized spacial score (nSPS) is 15.2. The molecule has 0 fully saturated rings. The molecule has 2 amide bonds. The Morgan fingerprint density at radius 2 is 1.61 bits per heavy atom. The Morgan fingerprint density at radius 3 is 2.14 bits per heavy atom. The average Bonchev–Trinajstić information content (AvgIpc) is 3.38. The van der Waals surface area contributed by atoms with Gasteiger partial charge in [-0.2, -0.15) is 8.42 Å². The lowest BCUT2D eigenvalue weighted by atomic mass is 9.98. The molecule has 2 aromatic rings. The van der Waals surface area contributed by atoms with Crippen LogP contribution >= 0.6 is 11.6 Å². The number of nitrogens with one attached hydrogen (secondary N) is 2. The van der Waals surface area contributed by atoms with Gasteiger partial charge in [-0.05, 0) is 73.8 Å². The van der Waals surface area contributed by atoms with E-state index in [1.54, 1.807) is 0 Å². The predicted molar refractivity (Wildman–Crippen MR) is 106 cm³/mol. The quantitative estimate of drug-likeness (QED) is 0.740. The summed E-state index contributed by atoms with van der Waals surface area (Å²) in [5.74, 6) is -0.259. The number of rotatable bonds is 4. The summed E-state index contributed by atoms with van der Waals surface area (Å²) < 4.78 is 27.7. The van der Waals surface area contributed by atoms with Crippen molar-refractivity contribution in [2.24, 2.45) is 0 Å². The van der Waals surface area contributed by atoms with Crippen LogP contribution in [-0.4, -0.2) is 24.2 Å². The van der Waals surface area contributed by atoms with E-state index in [1.165, 1.54) is 25.4 Å². The number of Topliss-reactive ketones (excluding diaryl/α,β-unsaturated/α-hetero) is 1. The van der Waals surface area contributed by atoms with Gasteiger partial charge in [-0.1, -0.05) is 11.6 Å². The number of benzene rings is 1. The first-order valence-corrected chi connectivity index (χ1v) is 11.0. The van der Waals surface area contributed by atoms with E-state index in [4.69, 9.17) is 11.6 Å². The number of fused-ring (bicyclic) bond motifs is 2. The summed E-state index contributed by atoms with van der Waals surface area (Å²) in [7, 11) is -4.15. The second-order valence-corrected chi connectivity index (χ2v) is 9.11. The highest BCUT2D eigenvalue weighted by Gasteiger charge is 2.29. The molecule has 7 nitrogen and oxygen atoms in total. The van der Waals surface area contributed by atoms with Gasteiger partial charge in [0.2, 0.25) is 0 Å². The van der Waals surface area contributed by atoms with E-state index in [2.05, 4.69) is 5.32 Å². The SMILES string of the molecule is CC(=O)c1ccn(S(=O)(=O)NC(=O)Nc2c3c(c(Cl)c4c2CCC4)CCC3)c1. The van der Waals surface area contributed by atoms with Gasteiger partial charge in [0, 0.05) is 28.7 Å². The van der Waals surface area contributed by atoms with Crippen molar-refractivity contribution < 1.29 is 18.0 Å². The molecular weight excluding hydrogens is 402 g/mol. The standard InChI is InChI=1S/C19H20ClN3O4S/c1-11(24)12-8-9-23(10-12)28(26,27)22-19(25)21-18-15-6-2-4-13(15)17(20)14-5-3-7-16(14)18/h8-10H,2-7H2,1H3,(H2,21,22,25). The van der Waals surface area contributed by atoms with Crippen LogP contribution in [0.4, 0.5) is 10.5 Å². The third-order valence-electron chi connectivity index (χ3n) is 5.38. The second-order valence-electron chi connectivity index (χ2n) is 7.16. The molecule has 0 bridgehead atoms. The minimum Gasteiger partial charge on any atom is -0.307 e. The molecule has 0 aliphatic heterocycles. The first-order valence-electron chi connectivity index (χ1n) is 9.16. The monoisotopic (exact) mass is 421 g/mol. The number of carbonyl (C=O) groups excluding carboxylic acids is 2. The summed E-state index contributed by atoms with van der Waals surface area (Å²) in [6.45, 7) is 1.34. The molecule has 0 radical (unpaired) electrons. The molecule has 2 aliphatic rings. The summed E-state index contributed by atoms with van der Waals surface area (Å²) in [5.41, 5.74) is 5.11. The topological polar surface area (TPSA) is 97.3 Å². The number of nitrogens with zero attached hydrogens (tertiary/aromatic N) is 1. The molecular formula is C19H20ClN3O4S. The van der Waals surface area contributed by atoms with E-state index in [0.717, 1.165) is 69.8 Å². The minimum absolute atomic E-state index is 0.249. The number of anilines is 1. The van der Waals surface area contributed by atoms with Crippen LogP contribution in [0.2, 0.25) is 5.02 Å². The zero-order chi connectivity index (χ0) is 20.1. The van der Waals surface area contributed by atoms with E-state index >= 15 is 0 Å². The zero-order valence-electron chi connectivity index (χ0n) is 15.3. The largest absolute Gasteiger partial charge is 0.334 e. The van der Waals surface area contributed by atoms with Crippen LogP contribution in [0.5, 0.6) is 0 Å². The van der Waals surface area contributed by atoms with Crippen molar-refractivity contribution in [3.05, 3.63) is 51.3 Å².